The molecule has 0 radical (unpaired) electrons. The van der Waals surface area contributed by atoms with Crippen LogP contribution in [0.25, 0.3) is 0 Å². The van der Waals surface area contributed by atoms with E-state index in [2.05, 4.69) is 4.98 Å². The van der Waals surface area contributed by atoms with E-state index < -0.39 is 11.9 Å². The van der Waals surface area contributed by atoms with Crippen LogP contribution in [0.2, 0.25) is 0 Å². The van der Waals surface area contributed by atoms with Crippen LogP contribution < -0.4 is 5.73 Å². The van der Waals surface area contributed by atoms with Gasteiger partial charge >= 0.3 is 6.18 Å². The summed E-state index contributed by atoms with van der Waals surface area (Å²) in [6.45, 7) is 0.959. The summed E-state index contributed by atoms with van der Waals surface area (Å²) < 4.78 is 36.9. The topological polar surface area (TPSA) is 59.2 Å². The van der Waals surface area contributed by atoms with Crippen LogP contribution in [0.1, 0.15) is 22.5 Å². The van der Waals surface area contributed by atoms with Gasteiger partial charge < -0.3 is 10.6 Å². The van der Waals surface area contributed by atoms with Gasteiger partial charge in [-0.2, -0.15) is 13.2 Å². The molecule has 0 spiro atoms. The normalized spacial score (nSPS) is 18.2. The number of aromatic nitrogens is 1. The number of nitrogens with zero attached hydrogens (tertiary/aromatic N) is 2. The summed E-state index contributed by atoms with van der Waals surface area (Å²) in [5.74, 6) is -0.329. The van der Waals surface area contributed by atoms with Gasteiger partial charge in [-0.3, -0.25) is 9.78 Å². The van der Waals surface area contributed by atoms with Gasteiger partial charge in [0.1, 0.15) is 5.69 Å². The Morgan fingerprint density at radius 3 is 2.40 bits per heavy atom. The van der Waals surface area contributed by atoms with Gasteiger partial charge in [0.25, 0.3) is 5.91 Å². The molecule has 0 aromatic carbocycles. The molecule has 20 heavy (non-hydrogen) atoms. The zero-order valence-corrected chi connectivity index (χ0v) is 11.9. The van der Waals surface area contributed by atoms with E-state index in [1.165, 1.54) is 4.90 Å². The molecule has 0 saturated carbocycles. The van der Waals surface area contributed by atoms with E-state index in [1.54, 1.807) is 0 Å². The van der Waals surface area contributed by atoms with E-state index in [1.807, 2.05) is 0 Å². The van der Waals surface area contributed by atoms with Crippen molar-refractivity contribution in [2.45, 2.75) is 18.6 Å². The quantitative estimate of drug-likeness (QED) is 0.857. The minimum atomic E-state index is -4.49. The summed E-state index contributed by atoms with van der Waals surface area (Å²) in [5, 5.41) is 0. The van der Waals surface area contributed by atoms with Gasteiger partial charge in [0.05, 0.1) is 5.56 Å². The fraction of sp³-hybridized carbons (Fsp3) is 0.455. The molecule has 1 aliphatic rings. The number of amides is 1. The highest BCUT2D eigenvalue weighted by atomic mass is 35.5. The maximum Gasteiger partial charge on any atom is 0.433 e. The number of pyridine rings is 1. The molecule has 1 aliphatic heterocycles. The van der Waals surface area contributed by atoms with E-state index >= 15 is 0 Å². The predicted molar refractivity (Wildman–Crippen MR) is 72.2 cm³/mol. The van der Waals surface area contributed by atoms with Crippen LogP contribution in [0.15, 0.2) is 18.3 Å². The number of carbonyl (C=O) groups is 1. The number of hydrogen-bond acceptors (Lipinski definition) is 3. The van der Waals surface area contributed by atoms with Crippen LogP contribution in [-0.2, 0) is 6.18 Å². The smallest absolute Gasteiger partial charge is 0.337 e. The first kappa shape index (κ1) is 18.9. The molecule has 4 nitrogen and oxygen atoms in total. The maximum atomic E-state index is 12.3. The second-order valence-corrected chi connectivity index (χ2v) is 4.23. The number of rotatable bonds is 1. The SMILES string of the molecule is Cl.Cl.N[C@H]1CCN(C(=O)c2ccc(C(F)(F)F)nc2)C1. The third-order valence-corrected chi connectivity index (χ3v) is 2.81. The van der Waals surface area contributed by atoms with Gasteiger partial charge in [-0.15, -0.1) is 24.8 Å². The highest BCUT2D eigenvalue weighted by Gasteiger charge is 2.32. The monoisotopic (exact) mass is 331 g/mol. The van der Waals surface area contributed by atoms with Crippen LogP contribution >= 0.6 is 24.8 Å². The molecule has 2 heterocycles. The van der Waals surface area contributed by atoms with Crippen LogP contribution in [0, 0.1) is 0 Å². The summed E-state index contributed by atoms with van der Waals surface area (Å²) in [7, 11) is 0. The second-order valence-electron chi connectivity index (χ2n) is 4.23. The Kier molecular flexibility index (Phi) is 6.73. The third kappa shape index (κ3) is 4.22. The number of hydrogen-bond donors (Lipinski definition) is 1. The lowest BCUT2D eigenvalue weighted by molar-refractivity contribution is -0.141. The van der Waals surface area contributed by atoms with Gasteiger partial charge in [0.2, 0.25) is 0 Å². The highest BCUT2D eigenvalue weighted by Crippen LogP contribution is 2.27. The highest BCUT2D eigenvalue weighted by molar-refractivity contribution is 5.94. The molecule has 0 aliphatic carbocycles. The maximum absolute atomic E-state index is 12.3. The van der Waals surface area contributed by atoms with Gasteiger partial charge in [-0.25, -0.2) is 0 Å². The molecule has 1 aromatic heterocycles. The molecule has 114 valence electrons. The number of halogens is 5. The van der Waals surface area contributed by atoms with E-state index in [0.29, 0.717) is 19.5 Å². The van der Waals surface area contributed by atoms with Gasteiger partial charge in [-0.05, 0) is 18.6 Å². The molecule has 1 fully saturated rings. The Morgan fingerprint density at radius 2 is 2.00 bits per heavy atom. The number of carbonyl (C=O) groups excluding carboxylic acids is 1. The first-order valence-electron chi connectivity index (χ1n) is 5.46. The molecule has 1 atom stereocenters. The molecule has 2 rings (SSSR count). The van der Waals surface area contributed by atoms with E-state index in [-0.39, 0.29) is 42.3 Å². The Hall–Kier alpha value is -1.05. The Bertz CT molecular complexity index is 453. The molecule has 1 amide bonds. The molecule has 9 heteroatoms. The van der Waals surface area contributed by atoms with Crippen molar-refractivity contribution < 1.29 is 18.0 Å². The number of likely N-dealkylation sites (tertiary alicyclic amines) is 1. The van der Waals surface area contributed by atoms with Crippen molar-refractivity contribution >= 4 is 30.7 Å². The van der Waals surface area contributed by atoms with Crippen LogP contribution in [0.4, 0.5) is 13.2 Å². The number of nitrogens with two attached hydrogens (primary N) is 1. The minimum Gasteiger partial charge on any atom is -0.337 e. The van der Waals surface area contributed by atoms with Gasteiger partial charge in [-0.1, -0.05) is 0 Å². The van der Waals surface area contributed by atoms with Crippen LogP contribution in [0.3, 0.4) is 0 Å². The summed E-state index contributed by atoms with van der Waals surface area (Å²) in [6, 6.07) is 1.89. The summed E-state index contributed by atoms with van der Waals surface area (Å²) in [4.78, 5) is 16.7. The predicted octanol–water partition coefficient (Wildman–Crippen LogP) is 2.12. The molecular weight excluding hydrogens is 318 g/mol. The Labute approximate surface area is 126 Å². The summed E-state index contributed by atoms with van der Waals surface area (Å²) in [6.07, 6.45) is -2.83. The van der Waals surface area contributed by atoms with Crippen molar-refractivity contribution in [1.82, 2.24) is 9.88 Å². The Balaban J connectivity index is 0.00000180. The van der Waals surface area contributed by atoms with Gasteiger partial charge in [0, 0.05) is 25.3 Å². The van der Waals surface area contributed by atoms with Gasteiger partial charge in [0.15, 0.2) is 0 Å². The lowest BCUT2D eigenvalue weighted by Crippen LogP contribution is -2.32. The average molecular weight is 332 g/mol. The molecule has 0 bridgehead atoms. The molecular formula is C11H14Cl2F3N3O. The minimum absolute atomic E-state index is 0. The molecule has 1 saturated heterocycles. The fourth-order valence-corrected chi connectivity index (χ4v) is 1.84. The molecule has 1 aromatic rings. The summed E-state index contributed by atoms with van der Waals surface area (Å²) >= 11 is 0. The van der Waals surface area contributed by atoms with Crippen LogP contribution in [-0.4, -0.2) is 34.9 Å². The van der Waals surface area contributed by atoms with E-state index in [0.717, 1.165) is 18.3 Å². The average Bonchev–Trinajstić information content (AvgIpc) is 2.74. The van der Waals surface area contributed by atoms with Crippen molar-refractivity contribution in [1.29, 1.82) is 0 Å². The van der Waals surface area contributed by atoms with Crippen molar-refractivity contribution in [3.63, 3.8) is 0 Å². The lowest BCUT2D eigenvalue weighted by Gasteiger charge is -2.15. The van der Waals surface area contributed by atoms with E-state index in [4.69, 9.17) is 5.73 Å². The first-order valence-corrected chi connectivity index (χ1v) is 5.46. The van der Waals surface area contributed by atoms with E-state index in [9.17, 15) is 18.0 Å². The molecule has 2 N–H and O–H groups in total. The molecule has 0 unspecified atom stereocenters. The Morgan fingerprint density at radius 1 is 1.35 bits per heavy atom. The summed E-state index contributed by atoms with van der Waals surface area (Å²) in [5.41, 5.74) is 4.81. The third-order valence-electron chi connectivity index (χ3n) is 2.81. The zero-order chi connectivity index (χ0) is 13.3. The fourth-order valence-electron chi connectivity index (χ4n) is 1.84. The van der Waals surface area contributed by atoms with Crippen LogP contribution in [0.5, 0.6) is 0 Å². The standard InChI is InChI=1S/C11H12F3N3O.2ClH/c12-11(13,14)9-2-1-7(5-16-9)10(18)17-4-3-8(15)6-17;;/h1-2,5,8H,3-4,6,15H2;2*1H/t8-;;/m0../s1. The van der Waals surface area contributed by atoms with Crippen molar-refractivity contribution in [3.8, 4) is 0 Å². The van der Waals surface area contributed by atoms with Crippen molar-refractivity contribution in [2.24, 2.45) is 5.73 Å². The van der Waals surface area contributed by atoms with Crippen molar-refractivity contribution in [3.05, 3.63) is 29.6 Å². The largest absolute Gasteiger partial charge is 0.433 e. The zero-order valence-electron chi connectivity index (χ0n) is 10.3. The first-order chi connectivity index (χ1) is 8.38. The number of alkyl halides is 3. The second kappa shape index (κ2) is 7.10. The lowest BCUT2D eigenvalue weighted by atomic mass is 10.2. The van der Waals surface area contributed by atoms with Crippen molar-refractivity contribution in [2.75, 3.05) is 13.1 Å².